The number of halogens is 2. The average Bonchev–Trinajstić information content (AvgIpc) is 3.14. The van der Waals surface area contributed by atoms with Gasteiger partial charge < -0.3 is 0 Å². The molecule has 2 rings (SSSR count). The first-order valence-electron chi connectivity index (χ1n) is 5.56. The molecule has 0 atom stereocenters. The average molecular weight is 337 g/mol. The maximum absolute atomic E-state index is 13.5. The molecular formula is C11H14BrFN2O2S. The van der Waals surface area contributed by atoms with Gasteiger partial charge in [-0.25, -0.2) is 4.39 Å². The van der Waals surface area contributed by atoms with Crippen molar-refractivity contribution in [2.24, 2.45) is 0 Å². The van der Waals surface area contributed by atoms with Crippen molar-refractivity contribution in [2.45, 2.75) is 6.42 Å². The third-order valence-electron chi connectivity index (χ3n) is 2.83. The Morgan fingerprint density at radius 2 is 2.11 bits per heavy atom. The van der Waals surface area contributed by atoms with Crippen molar-refractivity contribution < 1.29 is 12.8 Å². The molecule has 0 spiro atoms. The van der Waals surface area contributed by atoms with Gasteiger partial charge in [-0.3, -0.25) is 0 Å². The van der Waals surface area contributed by atoms with Gasteiger partial charge in [0, 0.05) is 31.2 Å². The molecule has 4 nitrogen and oxygen atoms in total. The Morgan fingerprint density at radius 1 is 1.44 bits per heavy atom. The van der Waals surface area contributed by atoms with Crippen molar-refractivity contribution in [3.05, 3.63) is 34.1 Å². The Labute approximate surface area is 115 Å². The zero-order valence-electron chi connectivity index (χ0n) is 9.94. The highest BCUT2D eigenvalue weighted by Gasteiger charge is 2.34. The fraction of sp³-hybridized carbons (Fsp3) is 0.455. The number of nitrogens with zero attached hydrogens (tertiary/aromatic N) is 2. The number of likely N-dealkylation sites (N-methyl/N-ethyl adjacent to an activating group) is 1. The molecule has 1 aromatic carbocycles. The lowest BCUT2D eigenvalue weighted by Gasteiger charge is -2.17. The summed E-state index contributed by atoms with van der Waals surface area (Å²) in [7, 11) is -1.81. The highest BCUT2D eigenvalue weighted by Crippen LogP contribution is 2.18. The van der Waals surface area contributed by atoms with Gasteiger partial charge in [0.15, 0.2) is 0 Å². The molecule has 1 aliphatic heterocycles. The van der Waals surface area contributed by atoms with Crippen molar-refractivity contribution >= 4 is 26.1 Å². The quantitative estimate of drug-likeness (QED) is 0.766. The Bertz CT molecular complexity index is 546. The van der Waals surface area contributed by atoms with Gasteiger partial charge in [-0.15, -0.1) is 0 Å². The molecule has 0 saturated carbocycles. The fourth-order valence-corrected chi connectivity index (χ4v) is 3.26. The van der Waals surface area contributed by atoms with Crippen LogP contribution in [0.25, 0.3) is 0 Å². The van der Waals surface area contributed by atoms with Crippen molar-refractivity contribution in [1.29, 1.82) is 0 Å². The summed E-state index contributed by atoms with van der Waals surface area (Å²) in [6.07, 6.45) is 0.356. The Hall–Kier alpha value is -0.500. The van der Waals surface area contributed by atoms with E-state index >= 15 is 0 Å². The minimum atomic E-state index is -3.33. The van der Waals surface area contributed by atoms with E-state index in [0.29, 0.717) is 25.1 Å². The summed E-state index contributed by atoms with van der Waals surface area (Å²) in [4.78, 5) is 0. The van der Waals surface area contributed by atoms with Gasteiger partial charge in [0.2, 0.25) is 0 Å². The van der Waals surface area contributed by atoms with E-state index in [2.05, 4.69) is 15.9 Å². The van der Waals surface area contributed by atoms with E-state index in [1.165, 1.54) is 21.7 Å². The van der Waals surface area contributed by atoms with E-state index in [-0.39, 0.29) is 12.4 Å². The molecule has 0 amide bonds. The van der Waals surface area contributed by atoms with Gasteiger partial charge in [0.25, 0.3) is 10.2 Å². The zero-order chi connectivity index (χ0) is 13.3. The lowest BCUT2D eigenvalue weighted by atomic mass is 10.1. The number of rotatable bonds is 5. The SMILES string of the molecule is CN(CCc1cc(Br)ccc1F)S(=O)(=O)N1CC1. The van der Waals surface area contributed by atoms with Crippen LogP contribution < -0.4 is 0 Å². The third-order valence-corrected chi connectivity index (χ3v) is 5.31. The number of hydrogen-bond donors (Lipinski definition) is 0. The van der Waals surface area contributed by atoms with Crippen molar-refractivity contribution in [2.75, 3.05) is 26.7 Å². The van der Waals surface area contributed by atoms with Crippen molar-refractivity contribution in [3.8, 4) is 0 Å². The molecule has 1 saturated heterocycles. The van der Waals surface area contributed by atoms with Gasteiger partial charge in [-0.1, -0.05) is 15.9 Å². The standard InChI is InChI=1S/C11H14BrFN2O2S/c1-14(18(16,17)15-6-7-15)5-4-9-8-10(12)2-3-11(9)13/h2-3,8H,4-7H2,1H3. The minimum Gasteiger partial charge on any atom is -0.207 e. The molecule has 1 aromatic rings. The monoisotopic (exact) mass is 336 g/mol. The molecule has 0 bridgehead atoms. The summed E-state index contributed by atoms with van der Waals surface area (Å²) in [6, 6.07) is 4.67. The topological polar surface area (TPSA) is 40.4 Å². The highest BCUT2D eigenvalue weighted by atomic mass is 79.9. The van der Waals surface area contributed by atoms with Gasteiger partial charge in [0.1, 0.15) is 5.82 Å². The van der Waals surface area contributed by atoms with E-state index in [1.54, 1.807) is 12.1 Å². The first-order chi connectivity index (χ1) is 8.41. The molecule has 0 N–H and O–H groups in total. The molecule has 100 valence electrons. The van der Waals surface area contributed by atoms with Crippen LogP contribution in [0.1, 0.15) is 5.56 Å². The van der Waals surface area contributed by atoms with E-state index in [4.69, 9.17) is 0 Å². The van der Waals surface area contributed by atoms with Crippen molar-refractivity contribution in [1.82, 2.24) is 8.61 Å². The van der Waals surface area contributed by atoms with Crippen LogP contribution in [0.2, 0.25) is 0 Å². The van der Waals surface area contributed by atoms with Crippen LogP contribution in [0.4, 0.5) is 4.39 Å². The predicted octanol–water partition coefficient (Wildman–Crippen LogP) is 1.62. The van der Waals surface area contributed by atoms with Crippen LogP contribution in [0.3, 0.4) is 0 Å². The van der Waals surface area contributed by atoms with Gasteiger partial charge in [-0.2, -0.15) is 17.0 Å². The summed E-state index contributed by atoms with van der Waals surface area (Å²) in [5, 5.41) is 0. The van der Waals surface area contributed by atoms with E-state index in [0.717, 1.165) is 4.47 Å². The second-order valence-corrected chi connectivity index (χ2v) is 7.17. The molecule has 1 fully saturated rings. The van der Waals surface area contributed by atoms with Crippen LogP contribution in [-0.2, 0) is 16.6 Å². The Kier molecular flexibility index (Phi) is 4.05. The van der Waals surface area contributed by atoms with Crippen molar-refractivity contribution in [3.63, 3.8) is 0 Å². The van der Waals surface area contributed by atoms with Crippen LogP contribution in [0.15, 0.2) is 22.7 Å². The van der Waals surface area contributed by atoms with Crippen LogP contribution in [-0.4, -0.2) is 43.7 Å². The van der Waals surface area contributed by atoms with Crippen LogP contribution in [0, 0.1) is 5.82 Å². The molecule has 1 aliphatic rings. The molecule has 0 aromatic heterocycles. The maximum Gasteiger partial charge on any atom is 0.281 e. The maximum atomic E-state index is 13.5. The zero-order valence-corrected chi connectivity index (χ0v) is 12.3. The van der Waals surface area contributed by atoms with E-state index < -0.39 is 10.2 Å². The lowest BCUT2D eigenvalue weighted by Crippen LogP contribution is -2.33. The second-order valence-electron chi connectivity index (χ2n) is 4.21. The second kappa shape index (κ2) is 5.24. The Balaban J connectivity index is 2.01. The lowest BCUT2D eigenvalue weighted by molar-refractivity contribution is 0.442. The normalized spacial score (nSPS) is 16.2. The predicted molar refractivity (Wildman–Crippen MR) is 70.9 cm³/mol. The smallest absolute Gasteiger partial charge is 0.207 e. The molecule has 0 unspecified atom stereocenters. The minimum absolute atomic E-state index is 0.270. The number of benzene rings is 1. The highest BCUT2D eigenvalue weighted by molar-refractivity contribution is 9.10. The Morgan fingerprint density at radius 3 is 2.72 bits per heavy atom. The van der Waals surface area contributed by atoms with Gasteiger partial charge in [-0.05, 0) is 30.2 Å². The summed E-state index contributed by atoms with van der Waals surface area (Å²) in [6.45, 7) is 1.43. The van der Waals surface area contributed by atoms with E-state index in [9.17, 15) is 12.8 Å². The molecule has 18 heavy (non-hydrogen) atoms. The third kappa shape index (κ3) is 3.09. The first kappa shape index (κ1) is 13.9. The van der Waals surface area contributed by atoms with Crippen LogP contribution >= 0.6 is 15.9 Å². The first-order valence-corrected chi connectivity index (χ1v) is 7.75. The molecule has 1 heterocycles. The van der Waals surface area contributed by atoms with E-state index in [1.807, 2.05) is 0 Å². The molecule has 7 heteroatoms. The molecule has 0 radical (unpaired) electrons. The largest absolute Gasteiger partial charge is 0.281 e. The summed E-state index contributed by atoms with van der Waals surface area (Å²) in [5.41, 5.74) is 0.511. The van der Waals surface area contributed by atoms with Gasteiger partial charge >= 0.3 is 0 Å². The summed E-state index contributed by atoms with van der Waals surface area (Å²) in [5.74, 6) is -0.310. The summed E-state index contributed by atoms with van der Waals surface area (Å²) < 4.78 is 40.5. The summed E-state index contributed by atoms with van der Waals surface area (Å²) >= 11 is 3.27. The molecule has 0 aliphatic carbocycles. The van der Waals surface area contributed by atoms with Crippen LogP contribution in [0.5, 0.6) is 0 Å². The number of hydrogen-bond acceptors (Lipinski definition) is 2. The fourth-order valence-electron chi connectivity index (χ4n) is 1.60. The van der Waals surface area contributed by atoms with Gasteiger partial charge in [0.05, 0.1) is 0 Å². The molecular weight excluding hydrogens is 323 g/mol.